The third-order valence-electron chi connectivity index (χ3n) is 7.18. The molecule has 41 heavy (non-hydrogen) atoms. The van der Waals surface area contributed by atoms with Crippen LogP contribution in [0.5, 0.6) is 0 Å². The van der Waals surface area contributed by atoms with Crippen LogP contribution in [-0.2, 0) is 4.79 Å². The third-order valence-corrected chi connectivity index (χ3v) is 7.18. The molecule has 3 unspecified atom stereocenters. The van der Waals surface area contributed by atoms with Crippen LogP contribution in [0, 0.1) is 0 Å². The van der Waals surface area contributed by atoms with Crippen molar-refractivity contribution >= 4 is 5.91 Å². The number of carbonyl (C=O) groups excluding carboxylic acids is 1. The number of carbonyl (C=O) groups is 1. The molecule has 5 nitrogen and oxygen atoms in total. The van der Waals surface area contributed by atoms with Crippen molar-refractivity contribution in [2.45, 2.75) is 154 Å². The predicted octanol–water partition coefficient (Wildman–Crippen LogP) is 8.42. The van der Waals surface area contributed by atoms with Crippen LogP contribution in [0.15, 0.2) is 60.8 Å². The van der Waals surface area contributed by atoms with Crippen molar-refractivity contribution in [1.82, 2.24) is 5.32 Å². The summed E-state index contributed by atoms with van der Waals surface area (Å²) < 4.78 is 0. The van der Waals surface area contributed by atoms with E-state index in [0.717, 1.165) is 44.9 Å². The van der Waals surface area contributed by atoms with Gasteiger partial charge in [0.05, 0.1) is 18.8 Å². The first-order chi connectivity index (χ1) is 20.1. The summed E-state index contributed by atoms with van der Waals surface area (Å²) in [6.45, 7) is 3.87. The fourth-order valence-corrected chi connectivity index (χ4v) is 4.51. The SMILES string of the molecule is C/C=C/CC/C=C/CC/C=C/C(O)C(CO)NC(=O)C(O)CCCCCCCCCCC/C=C\C=C/CCCCC. The minimum absolute atomic E-state index is 0.387. The number of allylic oxidation sites excluding steroid dienone is 9. The van der Waals surface area contributed by atoms with Crippen LogP contribution in [0.4, 0.5) is 0 Å². The lowest BCUT2D eigenvalue weighted by Crippen LogP contribution is -2.48. The van der Waals surface area contributed by atoms with Gasteiger partial charge >= 0.3 is 0 Å². The van der Waals surface area contributed by atoms with Gasteiger partial charge < -0.3 is 20.6 Å². The molecule has 0 heterocycles. The molecule has 1 amide bonds. The molecule has 0 saturated carbocycles. The smallest absolute Gasteiger partial charge is 0.249 e. The summed E-state index contributed by atoms with van der Waals surface area (Å²) in [5, 5.41) is 32.7. The van der Waals surface area contributed by atoms with Gasteiger partial charge in [-0.05, 0) is 64.7 Å². The number of aliphatic hydroxyl groups excluding tert-OH is 3. The van der Waals surface area contributed by atoms with Gasteiger partial charge in [-0.25, -0.2) is 0 Å². The normalized spacial score (nSPS) is 14.8. The predicted molar refractivity (Wildman–Crippen MR) is 176 cm³/mol. The average Bonchev–Trinajstić information content (AvgIpc) is 2.98. The molecule has 0 saturated heterocycles. The monoisotopic (exact) mass is 573 g/mol. The molecule has 0 aromatic carbocycles. The highest BCUT2D eigenvalue weighted by Crippen LogP contribution is 2.13. The minimum atomic E-state index is -1.11. The Balaban J connectivity index is 3.79. The molecule has 0 aliphatic heterocycles. The Morgan fingerprint density at radius 3 is 1.73 bits per heavy atom. The summed E-state index contributed by atoms with van der Waals surface area (Å²) in [5.41, 5.74) is 0. The van der Waals surface area contributed by atoms with Crippen LogP contribution in [0.25, 0.3) is 0 Å². The van der Waals surface area contributed by atoms with Gasteiger partial charge in [0.1, 0.15) is 6.10 Å². The number of aliphatic hydroxyl groups is 3. The van der Waals surface area contributed by atoms with Crippen molar-refractivity contribution in [2.24, 2.45) is 0 Å². The Hall–Kier alpha value is -1.95. The summed E-state index contributed by atoms with van der Waals surface area (Å²) in [4.78, 5) is 12.3. The molecule has 3 atom stereocenters. The molecule has 236 valence electrons. The first-order valence-electron chi connectivity index (χ1n) is 16.6. The highest BCUT2D eigenvalue weighted by molar-refractivity contribution is 5.80. The van der Waals surface area contributed by atoms with Gasteiger partial charge in [-0.3, -0.25) is 4.79 Å². The molecular weight excluding hydrogens is 510 g/mol. The van der Waals surface area contributed by atoms with Crippen LogP contribution >= 0.6 is 0 Å². The largest absolute Gasteiger partial charge is 0.394 e. The van der Waals surface area contributed by atoms with E-state index in [2.05, 4.69) is 54.8 Å². The molecule has 0 aromatic heterocycles. The maximum atomic E-state index is 12.3. The molecule has 0 radical (unpaired) electrons. The van der Waals surface area contributed by atoms with Crippen molar-refractivity contribution < 1.29 is 20.1 Å². The zero-order chi connectivity index (χ0) is 30.2. The zero-order valence-corrected chi connectivity index (χ0v) is 26.4. The quantitative estimate of drug-likeness (QED) is 0.0430. The summed E-state index contributed by atoms with van der Waals surface area (Å²) >= 11 is 0. The van der Waals surface area contributed by atoms with Gasteiger partial charge in [0.2, 0.25) is 5.91 Å². The van der Waals surface area contributed by atoms with Crippen LogP contribution in [0.3, 0.4) is 0 Å². The molecule has 0 bridgehead atoms. The van der Waals surface area contributed by atoms with Gasteiger partial charge in [0.15, 0.2) is 0 Å². The molecule has 0 fully saturated rings. The van der Waals surface area contributed by atoms with E-state index in [1.54, 1.807) is 6.08 Å². The van der Waals surface area contributed by atoms with E-state index in [9.17, 15) is 20.1 Å². The Labute approximate surface area is 252 Å². The van der Waals surface area contributed by atoms with Crippen LogP contribution in [0.2, 0.25) is 0 Å². The maximum absolute atomic E-state index is 12.3. The third kappa shape index (κ3) is 26.7. The standard InChI is InChI=1S/C36H63NO4/c1-3-5-7-9-11-13-14-15-16-17-18-19-20-21-23-25-27-29-31-35(40)36(41)37-33(32-38)34(39)30-28-26-24-22-12-10-8-6-4-2/h4,6,11-15,22,28,30,33-35,38-40H,3,5,7-10,16-21,23-27,29,31-32H2,1-2H3,(H,37,41)/b6-4+,13-11-,15-14-,22-12+,30-28+. The van der Waals surface area contributed by atoms with Crippen molar-refractivity contribution in [3.63, 3.8) is 0 Å². The second kappa shape index (κ2) is 31.0. The van der Waals surface area contributed by atoms with Crippen LogP contribution in [0.1, 0.15) is 136 Å². The average molecular weight is 574 g/mol. The summed E-state index contributed by atoms with van der Waals surface area (Å²) in [6, 6.07) is -0.821. The van der Waals surface area contributed by atoms with Gasteiger partial charge in [-0.2, -0.15) is 0 Å². The first-order valence-corrected chi connectivity index (χ1v) is 16.6. The molecule has 0 aliphatic rings. The lowest BCUT2D eigenvalue weighted by atomic mass is 10.0. The number of amides is 1. The fourth-order valence-electron chi connectivity index (χ4n) is 4.51. The minimum Gasteiger partial charge on any atom is -0.394 e. The topological polar surface area (TPSA) is 89.8 Å². The van der Waals surface area contributed by atoms with Gasteiger partial charge in [0.25, 0.3) is 0 Å². The van der Waals surface area contributed by atoms with E-state index in [-0.39, 0.29) is 6.61 Å². The number of hydrogen-bond donors (Lipinski definition) is 4. The highest BCUT2D eigenvalue weighted by Gasteiger charge is 2.22. The fraction of sp³-hybridized carbons (Fsp3) is 0.694. The van der Waals surface area contributed by atoms with E-state index in [4.69, 9.17) is 0 Å². The van der Waals surface area contributed by atoms with E-state index in [0.29, 0.717) is 6.42 Å². The van der Waals surface area contributed by atoms with Crippen molar-refractivity contribution in [2.75, 3.05) is 6.61 Å². The maximum Gasteiger partial charge on any atom is 0.249 e. The first kappa shape index (κ1) is 39.0. The molecular formula is C36H63NO4. The number of hydrogen-bond acceptors (Lipinski definition) is 4. The van der Waals surface area contributed by atoms with Gasteiger partial charge in [-0.15, -0.1) is 0 Å². The Morgan fingerprint density at radius 2 is 1.17 bits per heavy atom. The van der Waals surface area contributed by atoms with E-state index >= 15 is 0 Å². The molecule has 4 N–H and O–H groups in total. The second-order valence-corrected chi connectivity index (χ2v) is 11.0. The summed E-state index contributed by atoms with van der Waals surface area (Å²) in [5.74, 6) is -0.529. The molecule has 0 spiro atoms. The number of rotatable bonds is 28. The lowest BCUT2D eigenvalue weighted by molar-refractivity contribution is -0.131. The van der Waals surface area contributed by atoms with Crippen LogP contribution < -0.4 is 5.32 Å². The summed E-state index contributed by atoms with van der Waals surface area (Å²) in [7, 11) is 0. The highest BCUT2D eigenvalue weighted by atomic mass is 16.3. The Bertz CT molecular complexity index is 725. The molecule has 5 heteroatoms. The van der Waals surface area contributed by atoms with E-state index < -0.39 is 24.2 Å². The number of unbranched alkanes of at least 4 members (excludes halogenated alkanes) is 14. The van der Waals surface area contributed by atoms with Crippen molar-refractivity contribution in [3.8, 4) is 0 Å². The van der Waals surface area contributed by atoms with Crippen molar-refractivity contribution in [3.05, 3.63) is 60.8 Å². The van der Waals surface area contributed by atoms with Gasteiger partial charge in [0, 0.05) is 0 Å². The van der Waals surface area contributed by atoms with E-state index in [1.165, 1.54) is 70.6 Å². The Kier molecular flexibility index (Phi) is 29.5. The Morgan fingerprint density at radius 1 is 0.659 bits per heavy atom. The van der Waals surface area contributed by atoms with E-state index in [1.807, 2.05) is 19.1 Å². The number of nitrogens with one attached hydrogen (secondary N) is 1. The molecule has 0 rings (SSSR count). The molecule has 0 aliphatic carbocycles. The van der Waals surface area contributed by atoms with Gasteiger partial charge in [-0.1, -0.05) is 132 Å². The zero-order valence-electron chi connectivity index (χ0n) is 26.4. The lowest BCUT2D eigenvalue weighted by Gasteiger charge is -2.21. The molecule has 0 aromatic rings. The summed E-state index contributed by atoms with van der Waals surface area (Å²) in [6.07, 6.45) is 39.6. The van der Waals surface area contributed by atoms with Crippen molar-refractivity contribution in [1.29, 1.82) is 0 Å². The second-order valence-electron chi connectivity index (χ2n) is 11.0. The van der Waals surface area contributed by atoms with Crippen LogP contribution in [-0.4, -0.2) is 46.1 Å².